The highest BCUT2D eigenvalue weighted by Crippen LogP contribution is 2.38. The number of nitrogens with one attached hydrogen (secondary N) is 2. The second-order valence-corrected chi connectivity index (χ2v) is 8.70. The number of hydrogen-bond acceptors (Lipinski definition) is 4. The van der Waals surface area contributed by atoms with Crippen molar-refractivity contribution >= 4 is 17.8 Å². The summed E-state index contributed by atoms with van der Waals surface area (Å²) < 4.78 is 4.91. The predicted octanol–water partition coefficient (Wildman–Crippen LogP) is 3.84. The first-order chi connectivity index (χ1) is 17.0. The normalized spacial score (nSPS) is 12.3. The number of ether oxygens (including phenoxy) is 1. The third kappa shape index (κ3) is 5.77. The molecule has 6 heteroatoms. The molecule has 0 bridgehead atoms. The van der Waals surface area contributed by atoms with Crippen molar-refractivity contribution < 1.29 is 19.1 Å². The molecular formula is C29H30N2O4. The van der Waals surface area contributed by atoms with Crippen molar-refractivity contribution in [1.82, 2.24) is 10.6 Å². The molecule has 0 aromatic heterocycles. The van der Waals surface area contributed by atoms with Crippen LogP contribution in [0.1, 0.15) is 46.5 Å². The summed E-state index contributed by atoms with van der Waals surface area (Å²) in [5, 5.41) is 5.64. The van der Waals surface area contributed by atoms with E-state index < -0.39 is 12.0 Å². The van der Waals surface area contributed by atoms with Crippen molar-refractivity contribution in [3.05, 3.63) is 94.5 Å². The summed E-state index contributed by atoms with van der Waals surface area (Å²) in [5.41, 5.74) is 7.59. The van der Waals surface area contributed by atoms with Gasteiger partial charge in [0, 0.05) is 12.1 Å². The summed E-state index contributed by atoms with van der Waals surface area (Å²) in [4.78, 5) is 36.6. The monoisotopic (exact) mass is 470 g/mol. The van der Waals surface area contributed by atoms with Gasteiger partial charge in [0.05, 0.1) is 13.0 Å². The van der Waals surface area contributed by atoms with Crippen LogP contribution in [-0.4, -0.2) is 37.0 Å². The van der Waals surface area contributed by atoms with Gasteiger partial charge in [-0.05, 0) is 72.2 Å². The van der Waals surface area contributed by atoms with Crippen molar-refractivity contribution in [2.45, 2.75) is 39.2 Å². The summed E-state index contributed by atoms with van der Waals surface area (Å²) in [7, 11) is 0. The van der Waals surface area contributed by atoms with Crippen molar-refractivity contribution in [3.8, 4) is 11.1 Å². The number of fused-ring (bicyclic) bond motifs is 3. The second-order valence-electron chi connectivity index (χ2n) is 8.70. The Morgan fingerprint density at radius 2 is 1.69 bits per heavy atom. The number of amides is 2. The van der Waals surface area contributed by atoms with E-state index in [0.29, 0.717) is 24.9 Å². The van der Waals surface area contributed by atoms with E-state index in [9.17, 15) is 14.4 Å². The number of carbonyl (C=O) groups is 3. The van der Waals surface area contributed by atoms with Crippen LogP contribution >= 0.6 is 0 Å². The summed E-state index contributed by atoms with van der Waals surface area (Å²) in [5.74, 6) is -0.792. The van der Waals surface area contributed by atoms with E-state index in [-0.39, 0.29) is 18.4 Å². The van der Waals surface area contributed by atoms with Gasteiger partial charge in [-0.1, -0.05) is 54.6 Å². The predicted molar refractivity (Wildman–Crippen MR) is 135 cm³/mol. The van der Waals surface area contributed by atoms with Crippen LogP contribution in [0.25, 0.3) is 11.1 Å². The van der Waals surface area contributed by atoms with Gasteiger partial charge >= 0.3 is 5.97 Å². The van der Waals surface area contributed by atoms with Gasteiger partial charge in [0.1, 0.15) is 6.04 Å². The Kier molecular flexibility index (Phi) is 7.60. The number of carbonyl (C=O) groups excluding carboxylic acids is 3. The first-order valence-electron chi connectivity index (χ1n) is 12.0. The van der Waals surface area contributed by atoms with Crippen LogP contribution in [0, 0.1) is 0 Å². The number of esters is 1. The average Bonchev–Trinajstić information content (AvgIpc) is 3.24. The standard InChI is InChI=1S/C29H30N2O4/c1-3-35-29(34)19(2)31-28(33)21-13-11-20(12-14-21)15-16-30-27(32)18-23-8-6-10-25-24-9-5-4-7-22(24)17-26(23)25/h4-14,19H,3,15-18H2,1-2H3,(H,30,32)(H,31,33)/t19-/m0/s1. The van der Waals surface area contributed by atoms with Crippen LogP contribution in [-0.2, 0) is 33.6 Å². The summed E-state index contributed by atoms with van der Waals surface area (Å²) in [6.45, 7) is 4.10. The summed E-state index contributed by atoms with van der Waals surface area (Å²) in [6.07, 6.45) is 1.88. The molecule has 2 N–H and O–H groups in total. The maximum atomic E-state index is 12.6. The molecule has 6 nitrogen and oxygen atoms in total. The number of hydrogen-bond donors (Lipinski definition) is 2. The van der Waals surface area contributed by atoms with Gasteiger partial charge in [0.25, 0.3) is 5.91 Å². The van der Waals surface area contributed by atoms with E-state index in [0.717, 1.165) is 17.5 Å². The molecule has 1 aliphatic rings. The van der Waals surface area contributed by atoms with Gasteiger partial charge in [0.2, 0.25) is 5.91 Å². The molecule has 2 amide bonds. The molecule has 180 valence electrons. The third-order valence-electron chi connectivity index (χ3n) is 6.24. The zero-order valence-electron chi connectivity index (χ0n) is 20.1. The fraction of sp³-hybridized carbons (Fsp3) is 0.276. The topological polar surface area (TPSA) is 84.5 Å². The van der Waals surface area contributed by atoms with E-state index in [1.807, 2.05) is 24.3 Å². The largest absolute Gasteiger partial charge is 0.464 e. The van der Waals surface area contributed by atoms with Gasteiger partial charge in [-0.2, -0.15) is 0 Å². The number of rotatable bonds is 9. The van der Waals surface area contributed by atoms with Crippen molar-refractivity contribution in [2.75, 3.05) is 13.2 Å². The van der Waals surface area contributed by atoms with Crippen LogP contribution in [0.2, 0.25) is 0 Å². The quantitative estimate of drug-likeness (QED) is 0.364. The molecule has 0 saturated heterocycles. The highest BCUT2D eigenvalue weighted by molar-refractivity contribution is 5.96. The maximum Gasteiger partial charge on any atom is 0.328 e. The van der Waals surface area contributed by atoms with Gasteiger partial charge in [0.15, 0.2) is 0 Å². The van der Waals surface area contributed by atoms with E-state index >= 15 is 0 Å². The van der Waals surface area contributed by atoms with Gasteiger partial charge in [-0.3, -0.25) is 9.59 Å². The Bertz CT molecular complexity index is 1230. The first kappa shape index (κ1) is 24.2. The SMILES string of the molecule is CCOC(=O)[C@H](C)NC(=O)c1ccc(CCNC(=O)Cc2cccc3c2Cc2ccccc2-3)cc1. The minimum Gasteiger partial charge on any atom is -0.464 e. The van der Waals surface area contributed by atoms with Crippen LogP contribution in [0.3, 0.4) is 0 Å². The lowest BCUT2D eigenvalue weighted by Gasteiger charge is -2.13. The molecule has 0 saturated carbocycles. The summed E-state index contributed by atoms with van der Waals surface area (Å²) >= 11 is 0. The van der Waals surface area contributed by atoms with E-state index in [1.165, 1.54) is 22.3 Å². The number of benzene rings is 3. The Morgan fingerprint density at radius 1 is 0.943 bits per heavy atom. The molecule has 1 atom stereocenters. The molecule has 0 aliphatic heterocycles. The minimum absolute atomic E-state index is 0.00157. The molecule has 0 fully saturated rings. The lowest BCUT2D eigenvalue weighted by molar-refractivity contribution is -0.144. The lowest BCUT2D eigenvalue weighted by atomic mass is 9.99. The van der Waals surface area contributed by atoms with Gasteiger partial charge in [-0.15, -0.1) is 0 Å². The molecule has 0 unspecified atom stereocenters. The Labute approximate surface area is 205 Å². The van der Waals surface area contributed by atoms with Crippen molar-refractivity contribution in [3.63, 3.8) is 0 Å². The molecule has 3 aromatic carbocycles. The average molecular weight is 471 g/mol. The van der Waals surface area contributed by atoms with Gasteiger partial charge < -0.3 is 15.4 Å². The van der Waals surface area contributed by atoms with Crippen LogP contribution in [0.4, 0.5) is 0 Å². The molecule has 35 heavy (non-hydrogen) atoms. The molecule has 0 heterocycles. The molecule has 0 radical (unpaired) electrons. The van der Waals surface area contributed by atoms with Crippen molar-refractivity contribution in [2.24, 2.45) is 0 Å². The Morgan fingerprint density at radius 3 is 2.46 bits per heavy atom. The fourth-order valence-electron chi connectivity index (χ4n) is 4.40. The molecule has 1 aliphatic carbocycles. The zero-order valence-corrected chi connectivity index (χ0v) is 20.1. The van der Waals surface area contributed by atoms with E-state index in [4.69, 9.17) is 4.74 Å². The maximum absolute atomic E-state index is 12.6. The molecule has 0 spiro atoms. The smallest absolute Gasteiger partial charge is 0.328 e. The first-order valence-corrected chi connectivity index (χ1v) is 12.0. The highest BCUT2D eigenvalue weighted by atomic mass is 16.5. The van der Waals surface area contributed by atoms with Crippen LogP contribution < -0.4 is 10.6 Å². The summed E-state index contributed by atoms with van der Waals surface area (Å²) in [6, 6.07) is 21.0. The third-order valence-corrected chi connectivity index (χ3v) is 6.24. The minimum atomic E-state index is -0.711. The van der Waals surface area contributed by atoms with Gasteiger partial charge in [-0.25, -0.2) is 4.79 Å². The fourth-order valence-corrected chi connectivity index (χ4v) is 4.40. The Balaban J connectivity index is 1.26. The Hall–Kier alpha value is -3.93. The van der Waals surface area contributed by atoms with E-state index in [1.54, 1.807) is 26.0 Å². The lowest BCUT2D eigenvalue weighted by Crippen LogP contribution is -2.39. The second kappa shape index (κ2) is 11.0. The van der Waals surface area contributed by atoms with Crippen LogP contribution in [0.5, 0.6) is 0 Å². The highest BCUT2D eigenvalue weighted by Gasteiger charge is 2.21. The zero-order chi connectivity index (χ0) is 24.8. The van der Waals surface area contributed by atoms with Crippen LogP contribution in [0.15, 0.2) is 66.7 Å². The van der Waals surface area contributed by atoms with Crippen molar-refractivity contribution in [1.29, 1.82) is 0 Å². The molecule has 4 rings (SSSR count). The molecule has 3 aromatic rings. The van der Waals surface area contributed by atoms with E-state index in [2.05, 4.69) is 41.0 Å². The molecular weight excluding hydrogens is 440 g/mol.